The Balaban J connectivity index is 0.000000168. The molecule has 216 valence electrons. The Morgan fingerprint density at radius 1 is 0.854 bits per heavy atom. The van der Waals surface area contributed by atoms with Crippen LogP contribution in [0, 0.1) is 13.8 Å². The highest BCUT2D eigenvalue weighted by molar-refractivity contribution is 6.28. The van der Waals surface area contributed by atoms with Crippen LogP contribution in [0.25, 0.3) is 11.6 Å². The largest absolute Gasteiger partial charge is 0.465 e. The van der Waals surface area contributed by atoms with Gasteiger partial charge in [0, 0.05) is 48.0 Å². The van der Waals surface area contributed by atoms with Crippen molar-refractivity contribution in [1.29, 1.82) is 0 Å². The number of nitrogens with one attached hydrogen (secondary N) is 1. The summed E-state index contributed by atoms with van der Waals surface area (Å²) in [6.07, 6.45) is 14.2. The minimum absolute atomic E-state index is 0.126. The van der Waals surface area contributed by atoms with Gasteiger partial charge in [-0.1, -0.05) is 0 Å². The predicted octanol–water partition coefficient (Wildman–Crippen LogP) is 2.85. The van der Waals surface area contributed by atoms with E-state index in [-0.39, 0.29) is 5.28 Å². The van der Waals surface area contributed by atoms with E-state index in [1.54, 1.807) is 23.3 Å². The maximum Gasteiger partial charge on any atom is 0.341 e. The monoisotopic (exact) mass is 582 g/mol. The molecule has 4 aromatic rings. The summed E-state index contributed by atoms with van der Waals surface area (Å²) in [7, 11) is 2.65. The Morgan fingerprint density at radius 2 is 1.34 bits per heavy atom. The zero-order valence-electron chi connectivity index (χ0n) is 23.1. The Labute approximate surface area is 241 Å². The smallest absolute Gasteiger partial charge is 0.341 e. The number of aromatic nitrogens is 8. The molecule has 0 atom stereocenters. The summed E-state index contributed by atoms with van der Waals surface area (Å²) in [5.74, 6) is 0.898. The van der Waals surface area contributed by atoms with E-state index in [0.29, 0.717) is 40.8 Å². The molecular formula is C26H31ClN10O4. The summed E-state index contributed by atoms with van der Waals surface area (Å²) >= 11 is 5.71. The topological polar surface area (TPSA) is 178 Å². The number of ether oxygens (including phenoxy) is 2. The molecule has 41 heavy (non-hydrogen) atoms. The molecule has 0 bridgehead atoms. The molecule has 2 aliphatic rings. The third-order valence-corrected chi connectivity index (χ3v) is 6.02. The van der Waals surface area contributed by atoms with Crippen LogP contribution < -0.4 is 11.1 Å². The highest BCUT2D eigenvalue weighted by Gasteiger charge is 2.22. The van der Waals surface area contributed by atoms with Gasteiger partial charge in [-0.3, -0.25) is 0 Å². The zero-order valence-corrected chi connectivity index (χ0v) is 23.9. The van der Waals surface area contributed by atoms with Gasteiger partial charge in [0.05, 0.1) is 37.7 Å². The van der Waals surface area contributed by atoms with Crippen molar-refractivity contribution in [1.82, 2.24) is 39.5 Å². The van der Waals surface area contributed by atoms with Gasteiger partial charge in [0.1, 0.15) is 0 Å². The van der Waals surface area contributed by atoms with E-state index in [4.69, 9.17) is 17.3 Å². The first-order chi connectivity index (χ1) is 19.7. The molecule has 0 spiro atoms. The number of halogens is 1. The molecule has 0 aliphatic heterocycles. The van der Waals surface area contributed by atoms with Gasteiger partial charge in [-0.2, -0.15) is 20.2 Å². The van der Waals surface area contributed by atoms with Gasteiger partial charge in [0.15, 0.2) is 11.6 Å². The van der Waals surface area contributed by atoms with E-state index in [1.807, 2.05) is 13.8 Å². The van der Waals surface area contributed by atoms with Crippen LogP contribution in [-0.2, 0) is 9.47 Å². The first-order valence-corrected chi connectivity index (χ1v) is 13.2. The molecule has 4 aromatic heterocycles. The van der Waals surface area contributed by atoms with Gasteiger partial charge >= 0.3 is 11.9 Å². The highest BCUT2D eigenvalue weighted by Crippen LogP contribution is 2.23. The average molecular weight is 583 g/mol. The van der Waals surface area contributed by atoms with Crippen molar-refractivity contribution in [2.75, 3.05) is 19.5 Å². The second kappa shape index (κ2) is 13.3. The predicted molar refractivity (Wildman–Crippen MR) is 149 cm³/mol. The van der Waals surface area contributed by atoms with Crippen molar-refractivity contribution in [2.24, 2.45) is 5.73 Å². The molecule has 0 amide bonds. The van der Waals surface area contributed by atoms with E-state index >= 15 is 0 Å². The van der Waals surface area contributed by atoms with E-state index in [0.717, 1.165) is 24.0 Å². The van der Waals surface area contributed by atoms with E-state index < -0.39 is 11.9 Å². The number of aryl methyl sites for hydroxylation is 2. The van der Waals surface area contributed by atoms with Crippen molar-refractivity contribution in [3.05, 3.63) is 64.7 Å². The molecule has 6 rings (SSSR count). The summed E-state index contributed by atoms with van der Waals surface area (Å²) in [6, 6.07) is 1.06. The van der Waals surface area contributed by atoms with Gasteiger partial charge in [-0.25, -0.2) is 28.9 Å². The van der Waals surface area contributed by atoms with Crippen molar-refractivity contribution in [3.8, 4) is 11.6 Å². The second-order valence-electron chi connectivity index (χ2n) is 9.43. The van der Waals surface area contributed by atoms with Crippen LogP contribution in [0.1, 0.15) is 57.5 Å². The van der Waals surface area contributed by atoms with Crippen molar-refractivity contribution >= 4 is 29.5 Å². The van der Waals surface area contributed by atoms with E-state index in [1.165, 1.54) is 50.3 Å². The van der Waals surface area contributed by atoms with E-state index in [9.17, 15) is 9.59 Å². The van der Waals surface area contributed by atoms with Crippen LogP contribution in [0.2, 0.25) is 5.28 Å². The number of methoxy groups -OCH3 is 2. The van der Waals surface area contributed by atoms with Crippen molar-refractivity contribution in [2.45, 2.75) is 51.6 Å². The number of rotatable bonds is 6. The SMILES string of the molecule is COC(=O)c1cnn(-c2nc(Cl)ncc2C)c1.COC(=O)c1cnn(-c2nc(NC3CC3)ncc2C)c1.NC1CC1. The molecule has 0 saturated heterocycles. The first-order valence-electron chi connectivity index (χ1n) is 12.8. The van der Waals surface area contributed by atoms with Gasteiger partial charge < -0.3 is 20.5 Å². The lowest BCUT2D eigenvalue weighted by Crippen LogP contribution is -2.09. The molecule has 0 aromatic carbocycles. The first kappa shape index (κ1) is 29.6. The third-order valence-electron chi connectivity index (χ3n) is 5.83. The number of carbonyl (C=O) groups is 2. The minimum Gasteiger partial charge on any atom is -0.465 e. The summed E-state index contributed by atoms with van der Waals surface area (Å²) in [5.41, 5.74) is 7.64. The summed E-state index contributed by atoms with van der Waals surface area (Å²) in [5, 5.41) is 11.5. The maximum absolute atomic E-state index is 11.4. The van der Waals surface area contributed by atoms with Crippen LogP contribution >= 0.6 is 11.6 Å². The lowest BCUT2D eigenvalue weighted by Gasteiger charge is -2.07. The number of esters is 2. The quantitative estimate of drug-likeness (QED) is 0.251. The average Bonchev–Trinajstić information content (AvgIpc) is 3.85. The Morgan fingerprint density at radius 3 is 1.80 bits per heavy atom. The molecule has 2 fully saturated rings. The number of anilines is 1. The molecule has 2 aliphatic carbocycles. The summed E-state index contributed by atoms with van der Waals surface area (Å²) in [6.45, 7) is 3.72. The highest BCUT2D eigenvalue weighted by atomic mass is 35.5. The lowest BCUT2D eigenvalue weighted by atomic mass is 10.3. The molecule has 2 saturated carbocycles. The van der Waals surface area contributed by atoms with Crippen molar-refractivity contribution < 1.29 is 19.1 Å². The van der Waals surface area contributed by atoms with E-state index in [2.05, 4.69) is 44.9 Å². The van der Waals surface area contributed by atoms with Gasteiger partial charge in [0.25, 0.3) is 0 Å². The fourth-order valence-electron chi connectivity index (χ4n) is 3.21. The Kier molecular flexibility index (Phi) is 9.57. The van der Waals surface area contributed by atoms with Gasteiger partial charge in [-0.05, 0) is 51.1 Å². The molecular weight excluding hydrogens is 552 g/mol. The van der Waals surface area contributed by atoms with Crippen LogP contribution in [0.4, 0.5) is 5.95 Å². The molecule has 4 heterocycles. The number of hydrogen-bond acceptors (Lipinski definition) is 12. The minimum atomic E-state index is -0.450. The number of carbonyl (C=O) groups excluding carboxylic acids is 2. The summed E-state index contributed by atoms with van der Waals surface area (Å²) in [4.78, 5) is 39.3. The van der Waals surface area contributed by atoms with Crippen LogP contribution in [-0.4, -0.2) is 77.7 Å². The number of hydrogen-bond donors (Lipinski definition) is 2. The maximum atomic E-state index is 11.4. The Bertz CT molecular complexity index is 1510. The summed E-state index contributed by atoms with van der Waals surface area (Å²) < 4.78 is 12.3. The fourth-order valence-corrected chi connectivity index (χ4v) is 3.34. The second-order valence-corrected chi connectivity index (χ2v) is 9.77. The van der Waals surface area contributed by atoms with Crippen molar-refractivity contribution in [3.63, 3.8) is 0 Å². The van der Waals surface area contributed by atoms with Gasteiger partial charge in [-0.15, -0.1) is 0 Å². The molecule has 14 nitrogen and oxygen atoms in total. The van der Waals surface area contributed by atoms with Gasteiger partial charge in [0.2, 0.25) is 11.2 Å². The Hall–Kier alpha value is -4.43. The fraction of sp³-hybridized carbons (Fsp3) is 0.385. The zero-order chi connectivity index (χ0) is 29.5. The molecule has 15 heteroatoms. The standard InChI is InChI=1S/C13H15N5O2.C10H9ClN4O2.C3H7N/c1-8-5-14-13(16-10-3-4-10)17-11(8)18-7-9(6-15-18)12(19)20-2;1-6-3-12-10(11)14-8(6)15-5-7(4-13-15)9(16)17-2;4-3-1-2-3/h5-7,10H,3-4H2,1-2H3,(H,14,16,17);3-5H,1-2H3;3H,1-2,4H2. The normalized spacial score (nSPS) is 13.7. The molecule has 0 radical (unpaired) electrons. The number of nitrogens with zero attached hydrogens (tertiary/aromatic N) is 8. The molecule has 0 unspecified atom stereocenters. The third kappa shape index (κ3) is 8.28. The number of nitrogens with two attached hydrogens (primary N) is 1. The van der Waals surface area contributed by atoms with Crippen LogP contribution in [0.15, 0.2) is 37.2 Å². The van der Waals surface area contributed by atoms with Crippen LogP contribution in [0.5, 0.6) is 0 Å². The van der Waals surface area contributed by atoms with Crippen LogP contribution in [0.3, 0.4) is 0 Å². The lowest BCUT2D eigenvalue weighted by molar-refractivity contribution is 0.0592. The molecule has 3 N–H and O–H groups in total.